The van der Waals surface area contributed by atoms with Crippen LogP contribution in [0, 0.1) is 5.92 Å². The average Bonchev–Trinajstić information content (AvgIpc) is 2.48. The maximum atomic E-state index is 12.5. The number of phenols is 1. The van der Waals surface area contributed by atoms with E-state index in [0.717, 1.165) is 6.42 Å². The van der Waals surface area contributed by atoms with E-state index in [0.29, 0.717) is 23.3 Å². The molecule has 0 radical (unpaired) electrons. The van der Waals surface area contributed by atoms with Gasteiger partial charge in [0.25, 0.3) is 0 Å². The van der Waals surface area contributed by atoms with Crippen LogP contribution in [0.5, 0.6) is 11.5 Å². The Morgan fingerprint density at radius 1 is 1.50 bits per heavy atom. The van der Waals surface area contributed by atoms with Gasteiger partial charge in [-0.05, 0) is 32.4 Å². The molecule has 0 saturated heterocycles. The Morgan fingerprint density at radius 3 is 2.77 bits per heavy atom. The number of hydrogen-bond acceptors (Lipinski definition) is 5. The van der Waals surface area contributed by atoms with Gasteiger partial charge in [-0.1, -0.05) is 13.3 Å². The highest BCUT2D eigenvalue weighted by Gasteiger charge is 2.45. The van der Waals surface area contributed by atoms with Crippen molar-refractivity contribution in [3.8, 4) is 11.5 Å². The number of carbonyl (C=O) groups excluding carboxylic acids is 2. The van der Waals surface area contributed by atoms with Crippen LogP contribution in [0.2, 0.25) is 0 Å². The van der Waals surface area contributed by atoms with E-state index in [-0.39, 0.29) is 18.0 Å². The highest BCUT2D eigenvalue weighted by Crippen LogP contribution is 2.42. The molecule has 1 N–H and O–H groups in total. The Bertz CT molecular complexity index is 607. The molecule has 0 bridgehead atoms. The third-order valence-corrected chi connectivity index (χ3v) is 4.35. The van der Waals surface area contributed by atoms with Crippen LogP contribution in [0.3, 0.4) is 0 Å². The van der Waals surface area contributed by atoms with Crippen LogP contribution in [-0.4, -0.2) is 29.6 Å². The molecule has 2 rings (SSSR count). The van der Waals surface area contributed by atoms with Crippen molar-refractivity contribution < 1.29 is 24.2 Å². The number of hydrogen-bond donors (Lipinski definition) is 1. The van der Waals surface area contributed by atoms with E-state index < -0.39 is 17.5 Å². The van der Waals surface area contributed by atoms with E-state index in [1.807, 2.05) is 6.92 Å². The monoisotopic (exact) mass is 306 g/mol. The minimum atomic E-state index is -0.979. The van der Waals surface area contributed by atoms with E-state index in [1.165, 1.54) is 13.2 Å². The Balaban J connectivity index is 2.49. The number of aromatic hydroxyl groups is 1. The maximum absolute atomic E-state index is 12.5. The first-order valence-corrected chi connectivity index (χ1v) is 7.49. The molecular weight excluding hydrogens is 284 g/mol. The average molecular weight is 306 g/mol. The van der Waals surface area contributed by atoms with Gasteiger partial charge in [0, 0.05) is 5.56 Å². The van der Waals surface area contributed by atoms with E-state index in [2.05, 4.69) is 0 Å². The number of fused-ring (bicyclic) bond motifs is 1. The normalized spacial score (nSPS) is 21.7. The topological polar surface area (TPSA) is 72.8 Å². The van der Waals surface area contributed by atoms with Crippen LogP contribution < -0.4 is 4.74 Å². The number of ether oxygens (including phenoxy) is 2. The summed E-state index contributed by atoms with van der Waals surface area (Å²) in [5.41, 5.74) is 0.111. The van der Waals surface area contributed by atoms with Gasteiger partial charge in [0.15, 0.2) is 5.78 Å². The number of ketones is 1. The van der Waals surface area contributed by atoms with E-state index in [4.69, 9.17) is 9.47 Å². The van der Waals surface area contributed by atoms with Crippen LogP contribution in [0.4, 0.5) is 0 Å². The molecule has 0 amide bonds. The largest absolute Gasteiger partial charge is 0.508 e. The van der Waals surface area contributed by atoms with Crippen LogP contribution in [0.15, 0.2) is 12.1 Å². The number of rotatable bonds is 4. The molecular formula is C17H22O5. The highest BCUT2D eigenvalue weighted by molar-refractivity contribution is 6.01. The van der Waals surface area contributed by atoms with Crippen molar-refractivity contribution in [2.75, 3.05) is 7.11 Å². The van der Waals surface area contributed by atoms with Crippen molar-refractivity contribution in [1.29, 1.82) is 0 Å². The highest BCUT2D eigenvalue weighted by atomic mass is 16.5. The fourth-order valence-corrected chi connectivity index (χ4v) is 2.80. The molecule has 1 aromatic rings. The Hall–Kier alpha value is -2.04. The molecule has 1 aromatic carbocycles. The van der Waals surface area contributed by atoms with Crippen molar-refractivity contribution in [2.45, 2.75) is 45.6 Å². The first-order chi connectivity index (χ1) is 10.3. The molecule has 22 heavy (non-hydrogen) atoms. The van der Waals surface area contributed by atoms with Gasteiger partial charge in [0.05, 0.1) is 25.0 Å². The molecule has 1 aliphatic heterocycles. The summed E-state index contributed by atoms with van der Waals surface area (Å²) in [4.78, 5) is 24.3. The zero-order chi connectivity index (χ0) is 16.5. The second-order valence-electron chi connectivity index (χ2n) is 5.95. The van der Waals surface area contributed by atoms with Crippen LogP contribution in [-0.2, 0) is 16.0 Å². The second kappa shape index (κ2) is 5.99. The molecule has 1 heterocycles. The van der Waals surface area contributed by atoms with Crippen molar-refractivity contribution >= 4 is 11.8 Å². The number of methoxy groups -OCH3 is 1. The molecule has 0 saturated carbocycles. The summed E-state index contributed by atoms with van der Waals surface area (Å²) in [6, 6.07) is 3.10. The zero-order valence-electron chi connectivity index (χ0n) is 13.4. The summed E-state index contributed by atoms with van der Waals surface area (Å²) in [6.07, 6.45) is 1.52. The van der Waals surface area contributed by atoms with Crippen molar-refractivity contribution in [3.63, 3.8) is 0 Å². The number of esters is 1. The van der Waals surface area contributed by atoms with Crippen molar-refractivity contribution in [3.05, 3.63) is 23.3 Å². The quantitative estimate of drug-likeness (QED) is 0.866. The first-order valence-electron chi connectivity index (χ1n) is 7.49. The lowest BCUT2D eigenvalue weighted by molar-refractivity contribution is -0.152. The SMILES string of the molecule is CCCc1c(O)ccc2c1OC(C)(C(C)C(=O)OC)CC2=O. The van der Waals surface area contributed by atoms with Gasteiger partial charge >= 0.3 is 5.97 Å². The Labute approximate surface area is 130 Å². The van der Waals surface area contributed by atoms with Crippen molar-refractivity contribution in [2.24, 2.45) is 5.92 Å². The zero-order valence-corrected chi connectivity index (χ0v) is 13.4. The van der Waals surface area contributed by atoms with Gasteiger partial charge in [-0.25, -0.2) is 0 Å². The van der Waals surface area contributed by atoms with E-state index >= 15 is 0 Å². The number of benzene rings is 1. The van der Waals surface area contributed by atoms with Gasteiger partial charge in [-0.3, -0.25) is 9.59 Å². The predicted molar refractivity (Wildman–Crippen MR) is 81.3 cm³/mol. The summed E-state index contributed by atoms with van der Waals surface area (Å²) in [6.45, 7) is 5.40. The molecule has 1 aliphatic rings. The van der Waals surface area contributed by atoms with Crippen LogP contribution in [0.25, 0.3) is 0 Å². The molecule has 0 aromatic heterocycles. The molecule has 5 nitrogen and oxygen atoms in total. The van der Waals surface area contributed by atoms with Gasteiger partial charge in [-0.2, -0.15) is 0 Å². The third-order valence-electron chi connectivity index (χ3n) is 4.35. The lowest BCUT2D eigenvalue weighted by Gasteiger charge is -2.39. The molecule has 2 unspecified atom stereocenters. The summed E-state index contributed by atoms with van der Waals surface area (Å²) in [5, 5.41) is 10.1. The minimum absolute atomic E-state index is 0.0862. The molecule has 0 fully saturated rings. The van der Waals surface area contributed by atoms with E-state index in [1.54, 1.807) is 19.9 Å². The first kappa shape index (κ1) is 16.3. The number of carbonyl (C=O) groups is 2. The van der Waals surface area contributed by atoms with Gasteiger partial charge in [0.2, 0.25) is 0 Å². The lowest BCUT2D eigenvalue weighted by Crippen LogP contribution is -2.48. The molecule has 5 heteroatoms. The predicted octanol–water partition coefficient (Wildman–Crippen LogP) is 2.88. The Kier molecular flexibility index (Phi) is 4.44. The van der Waals surface area contributed by atoms with Gasteiger partial charge in [-0.15, -0.1) is 0 Å². The molecule has 2 atom stereocenters. The third kappa shape index (κ3) is 2.67. The fourth-order valence-electron chi connectivity index (χ4n) is 2.80. The molecule has 0 aliphatic carbocycles. The molecule has 120 valence electrons. The standard InChI is InChI=1S/C17H22O5/c1-5-6-11-13(18)8-7-12-14(19)9-17(3,22-15(11)12)10(2)16(20)21-4/h7-8,10,18H,5-6,9H2,1-4H3. The summed E-state index contributed by atoms with van der Waals surface area (Å²) < 4.78 is 10.8. The lowest BCUT2D eigenvalue weighted by atomic mass is 9.81. The number of Topliss-reactive ketones (excluding diaryl/α,β-unsaturated/α-hetero) is 1. The summed E-state index contributed by atoms with van der Waals surface area (Å²) in [5.74, 6) is -0.584. The van der Waals surface area contributed by atoms with Gasteiger partial charge < -0.3 is 14.6 Å². The van der Waals surface area contributed by atoms with Gasteiger partial charge in [0.1, 0.15) is 17.1 Å². The van der Waals surface area contributed by atoms with Crippen LogP contribution in [0.1, 0.15) is 49.5 Å². The number of phenolic OH excluding ortho intramolecular Hbond substituents is 1. The Morgan fingerprint density at radius 2 is 2.18 bits per heavy atom. The van der Waals surface area contributed by atoms with E-state index in [9.17, 15) is 14.7 Å². The summed E-state index contributed by atoms with van der Waals surface area (Å²) in [7, 11) is 1.31. The smallest absolute Gasteiger partial charge is 0.312 e. The van der Waals surface area contributed by atoms with Crippen LogP contribution >= 0.6 is 0 Å². The fraction of sp³-hybridized carbons (Fsp3) is 0.529. The summed E-state index contributed by atoms with van der Waals surface area (Å²) >= 11 is 0. The van der Waals surface area contributed by atoms with Crippen molar-refractivity contribution in [1.82, 2.24) is 0 Å². The molecule has 0 spiro atoms. The maximum Gasteiger partial charge on any atom is 0.312 e. The second-order valence-corrected chi connectivity index (χ2v) is 5.95. The minimum Gasteiger partial charge on any atom is -0.508 e.